The number of rotatable bonds is 0. The van der Waals surface area contributed by atoms with Crippen LogP contribution in [0, 0.1) is 5.92 Å². The molecule has 5 rings (SSSR count). The Balaban J connectivity index is 1.89. The van der Waals surface area contributed by atoms with E-state index in [1.54, 1.807) is 6.07 Å². The minimum Gasteiger partial charge on any atom is -0.504 e. The summed E-state index contributed by atoms with van der Waals surface area (Å²) < 4.78 is 6.09. The third-order valence-electron chi connectivity index (χ3n) is 6.17. The van der Waals surface area contributed by atoms with Crippen molar-refractivity contribution in [2.45, 2.75) is 30.1 Å². The molecular formula is C18H19NO3. The molecule has 22 heavy (non-hydrogen) atoms. The zero-order chi connectivity index (χ0) is 15.2. The van der Waals surface area contributed by atoms with Crippen molar-refractivity contribution in [2.75, 3.05) is 13.6 Å². The van der Waals surface area contributed by atoms with Gasteiger partial charge in [-0.25, -0.2) is 0 Å². The number of hydrogen-bond donors (Lipinski definition) is 2. The molecule has 1 spiro atoms. The van der Waals surface area contributed by atoms with Crippen LogP contribution in [0.5, 0.6) is 11.5 Å². The van der Waals surface area contributed by atoms with E-state index in [-0.39, 0.29) is 29.2 Å². The second-order valence-corrected chi connectivity index (χ2v) is 7.02. The highest BCUT2D eigenvalue weighted by atomic mass is 16.5. The SMILES string of the molecule is C=C1c2ccc(O)c3c2[C@]24CCN(C)[C@H]1[C@@H]2C=C[C@H](O)[C@@H]4O3. The molecule has 0 aromatic heterocycles. The molecule has 0 radical (unpaired) electrons. The number of likely N-dealkylation sites (N-methyl/N-ethyl adjacent to an activating group) is 1. The standard InChI is InChI=1S/C18H19NO3/c1-9-10-3-5-12(20)16-14(10)18-7-8-19(2)15(9)11(18)4-6-13(21)17(18)22-16/h3-6,11,13,15,17,20-21H,1,7-8H2,2H3/t11-,13-,15+,17-,18-/m0/s1. The fourth-order valence-corrected chi connectivity index (χ4v) is 5.27. The molecule has 4 aliphatic rings. The summed E-state index contributed by atoms with van der Waals surface area (Å²) in [5.74, 6) is 0.959. The monoisotopic (exact) mass is 297 g/mol. The lowest BCUT2D eigenvalue weighted by atomic mass is 9.52. The summed E-state index contributed by atoms with van der Waals surface area (Å²) in [6, 6.07) is 3.87. The number of benzene rings is 1. The summed E-state index contributed by atoms with van der Waals surface area (Å²) in [7, 11) is 2.14. The van der Waals surface area contributed by atoms with Crippen LogP contribution in [-0.4, -0.2) is 47.0 Å². The number of aliphatic hydroxyl groups is 1. The zero-order valence-corrected chi connectivity index (χ0v) is 12.5. The lowest BCUT2D eigenvalue weighted by Crippen LogP contribution is -2.64. The fourth-order valence-electron chi connectivity index (χ4n) is 5.27. The van der Waals surface area contributed by atoms with E-state index in [1.165, 1.54) is 0 Å². The van der Waals surface area contributed by atoms with Crippen molar-refractivity contribution >= 4 is 5.57 Å². The second kappa shape index (κ2) is 3.76. The van der Waals surface area contributed by atoms with E-state index in [0.29, 0.717) is 5.75 Å². The molecule has 2 aliphatic heterocycles. The molecule has 2 heterocycles. The van der Waals surface area contributed by atoms with Crippen LogP contribution in [0.4, 0.5) is 0 Å². The zero-order valence-electron chi connectivity index (χ0n) is 12.5. The quantitative estimate of drug-likeness (QED) is 0.715. The molecule has 5 atom stereocenters. The van der Waals surface area contributed by atoms with Gasteiger partial charge in [0.05, 0.1) is 0 Å². The Labute approximate surface area is 129 Å². The van der Waals surface area contributed by atoms with Gasteiger partial charge in [0.15, 0.2) is 11.5 Å². The van der Waals surface area contributed by atoms with Crippen LogP contribution in [0.1, 0.15) is 17.5 Å². The Hall–Kier alpha value is -1.78. The number of hydrogen-bond acceptors (Lipinski definition) is 4. The molecule has 1 aromatic carbocycles. The van der Waals surface area contributed by atoms with E-state index in [1.807, 2.05) is 12.1 Å². The largest absolute Gasteiger partial charge is 0.504 e. The van der Waals surface area contributed by atoms with Crippen molar-refractivity contribution in [3.8, 4) is 11.5 Å². The van der Waals surface area contributed by atoms with Gasteiger partial charge in [-0.2, -0.15) is 0 Å². The van der Waals surface area contributed by atoms with Gasteiger partial charge in [-0.1, -0.05) is 24.8 Å². The van der Waals surface area contributed by atoms with E-state index in [0.717, 1.165) is 29.7 Å². The van der Waals surface area contributed by atoms with E-state index in [4.69, 9.17) is 4.74 Å². The van der Waals surface area contributed by atoms with Crippen molar-refractivity contribution in [3.63, 3.8) is 0 Å². The minimum atomic E-state index is -0.633. The number of phenolic OH excluding ortho intramolecular Hbond substituents is 1. The van der Waals surface area contributed by atoms with Crippen molar-refractivity contribution in [2.24, 2.45) is 5.92 Å². The topological polar surface area (TPSA) is 52.9 Å². The highest BCUT2D eigenvalue weighted by Crippen LogP contribution is 2.64. The summed E-state index contributed by atoms with van der Waals surface area (Å²) in [6.07, 6.45) is 3.96. The maximum Gasteiger partial charge on any atom is 0.166 e. The lowest BCUT2D eigenvalue weighted by Gasteiger charge is -2.57. The van der Waals surface area contributed by atoms with Crippen LogP contribution in [0.3, 0.4) is 0 Å². The number of aliphatic hydroxyl groups excluding tert-OH is 1. The summed E-state index contributed by atoms with van der Waals surface area (Å²) >= 11 is 0. The van der Waals surface area contributed by atoms with Gasteiger partial charge >= 0.3 is 0 Å². The molecular weight excluding hydrogens is 278 g/mol. The van der Waals surface area contributed by atoms with E-state index in [9.17, 15) is 10.2 Å². The van der Waals surface area contributed by atoms with E-state index < -0.39 is 6.10 Å². The molecule has 1 aromatic rings. The van der Waals surface area contributed by atoms with Crippen LogP contribution < -0.4 is 4.74 Å². The molecule has 2 bridgehead atoms. The van der Waals surface area contributed by atoms with Crippen molar-refractivity contribution in [1.29, 1.82) is 0 Å². The molecule has 0 amide bonds. The molecule has 4 heteroatoms. The first-order chi connectivity index (χ1) is 10.6. The minimum absolute atomic E-state index is 0.165. The van der Waals surface area contributed by atoms with E-state index >= 15 is 0 Å². The van der Waals surface area contributed by atoms with Crippen LogP contribution >= 0.6 is 0 Å². The fraction of sp³-hybridized carbons (Fsp3) is 0.444. The molecule has 1 fully saturated rings. The third-order valence-corrected chi connectivity index (χ3v) is 6.17. The van der Waals surface area contributed by atoms with Gasteiger partial charge in [0.2, 0.25) is 0 Å². The Morgan fingerprint density at radius 3 is 3.00 bits per heavy atom. The number of likely N-dealkylation sites (tertiary alicyclic amines) is 1. The number of ether oxygens (including phenoxy) is 1. The average Bonchev–Trinajstić information content (AvgIpc) is 2.85. The average molecular weight is 297 g/mol. The molecule has 114 valence electrons. The predicted octanol–water partition coefficient (Wildman–Crippen LogP) is 1.67. The Kier molecular flexibility index (Phi) is 2.17. The van der Waals surface area contributed by atoms with Gasteiger partial charge in [-0.15, -0.1) is 0 Å². The Morgan fingerprint density at radius 1 is 1.36 bits per heavy atom. The number of aromatic hydroxyl groups is 1. The molecule has 2 aliphatic carbocycles. The van der Waals surface area contributed by atoms with Crippen LogP contribution in [0.2, 0.25) is 0 Å². The number of nitrogens with zero attached hydrogens (tertiary/aromatic N) is 1. The first-order valence-electron chi connectivity index (χ1n) is 7.84. The predicted molar refractivity (Wildman–Crippen MR) is 82.9 cm³/mol. The first kappa shape index (κ1) is 12.7. The highest BCUT2D eigenvalue weighted by Gasteiger charge is 2.64. The van der Waals surface area contributed by atoms with Gasteiger partial charge in [-0.05, 0) is 37.2 Å². The van der Waals surface area contributed by atoms with Crippen molar-refractivity contribution < 1.29 is 14.9 Å². The third kappa shape index (κ3) is 1.16. The summed E-state index contributed by atoms with van der Waals surface area (Å²) in [6.45, 7) is 5.29. The van der Waals surface area contributed by atoms with Crippen LogP contribution in [-0.2, 0) is 5.41 Å². The number of phenols is 1. The molecule has 2 N–H and O–H groups in total. The van der Waals surface area contributed by atoms with Crippen LogP contribution in [0.25, 0.3) is 5.57 Å². The van der Waals surface area contributed by atoms with Gasteiger partial charge in [0.1, 0.15) is 12.2 Å². The maximum absolute atomic E-state index is 10.5. The first-order valence-corrected chi connectivity index (χ1v) is 7.84. The van der Waals surface area contributed by atoms with Crippen molar-refractivity contribution in [1.82, 2.24) is 4.90 Å². The highest BCUT2D eigenvalue weighted by molar-refractivity contribution is 5.80. The second-order valence-electron chi connectivity index (χ2n) is 7.02. The van der Waals surface area contributed by atoms with Crippen LogP contribution in [0.15, 0.2) is 30.9 Å². The van der Waals surface area contributed by atoms with Gasteiger partial charge < -0.3 is 14.9 Å². The summed E-state index contributed by atoms with van der Waals surface area (Å²) in [5, 5.41) is 20.7. The molecule has 4 nitrogen and oxygen atoms in total. The van der Waals surface area contributed by atoms with Crippen molar-refractivity contribution in [3.05, 3.63) is 42.0 Å². The van der Waals surface area contributed by atoms with Gasteiger partial charge in [0.25, 0.3) is 0 Å². The maximum atomic E-state index is 10.5. The lowest BCUT2D eigenvalue weighted by molar-refractivity contribution is -0.0325. The normalized spacial score (nSPS) is 41.3. The summed E-state index contributed by atoms with van der Waals surface area (Å²) in [5.41, 5.74) is 3.01. The molecule has 1 saturated heterocycles. The van der Waals surface area contributed by atoms with E-state index in [2.05, 4.69) is 24.6 Å². The number of piperidine rings is 1. The smallest absolute Gasteiger partial charge is 0.166 e. The molecule has 0 unspecified atom stereocenters. The molecule has 0 saturated carbocycles. The Bertz CT molecular complexity index is 740. The van der Waals surface area contributed by atoms with Gasteiger partial charge in [-0.3, -0.25) is 4.90 Å². The van der Waals surface area contributed by atoms with Gasteiger partial charge in [0, 0.05) is 22.9 Å². The summed E-state index contributed by atoms with van der Waals surface area (Å²) in [4.78, 5) is 2.35. The Morgan fingerprint density at radius 2 is 2.18 bits per heavy atom.